The number of hydrogen-bond acceptors (Lipinski definition) is 4. The van der Waals surface area contributed by atoms with Crippen molar-refractivity contribution >= 4 is 11.6 Å². The molecule has 1 unspecified atom stereocenters. The first-order valence-electron chi connectivity index (χ1n) is 11.3. The predicted molar refractivity (Wildman–Crippen MR) is 115 cm³/mol. The smallest absolute Gasteiger partial charge is 0.253 e. The van der Waals surface area contributed by atoms with Crippen LogP contribution in [0.2, 0.25) is 0 Å². The molecule has 6 nitrogen and oxygen atoms in total. The number of aryl methyl sites for hydroxylation is 1. The van der Waals surface area contributed by atoms with Crippen LogP contribution in [0, 0.1) is 0 Å². The Morgan fingerprint density at radius 1 is 1.03 bits per heavy atom. The van der Waals surface area contributed by atoms with E-state index in [1.807, 2.05) is 17.0 Å². The van der Waals surface area contributed by atoms with Crippen molar-refractivity contribution in [1.82, 2.24) is 19.7 Å². The molecule has 6 heteroatoms. The summed E-state index contributed by atoms with van der Waals surface area (Å²) in [6.45, 7) is 8.85. The Bertz CT molecular complexity index is 824. The quantitative estimate of drug-likeness (QED) is 0.771. The Hall–Kier alpha value is -2.37. The zero-order valence-corrected chi connectivity index (χ0v) is 17.8. The SMILES string of the molecule is CCN(CC)c1ccc(C(=O)N2CCCC(c3nnc4n3CCCCC4)C2)cc1. The lowest BCUT2D eigenvalue weighted by Crippen LogP contribution is -2.39. The lowest BCUT2D eigenvalue weighted by Gasteiger charge is -2.32. The van der Waals surface area contributed by atoms with Crippen molar-refractivity contribution < 1.29 is 4.79 Å². The van der Waals surface area contributed by atoms with E-state index < -0.39 is 0 Å². The lowest BCUT2D eigenvalue weighted by atomic mass is 9.96. The Kier molecular flexibility index (Phi) is 6.16. The summed E-state index contributed by atoms with van der Waals surface area (Å²) in [5, 5.41) is 9.02. The number of rotatable bonds is 5. The van der Waals surface area contributed by atoms with Crippen molar-refractivity contribution in [2.45, 2.75) is 64.8 Å². The first kappa shape index (κ1) is 19.9. The molecule has 4 rings (SSSR count). The predicted octanol–water partition coefficient (Wildman–Crippen LogP) is 3.87. The van der Waals surface area contributed by atoms with Gasteiger partial charge in [0.2, 0.25) is 0 Å². The largest absolute Gasteiger partial charge is 0.372 e. The average molecular weight is 396 g/mol. The van der Waals surface area contributed by atoms with E-state index in [0.717, 1.165) is 69.2 Å². The maximum Gasteiger partial charge on any atom is 0.253 e. The molecule has 1 fully saturated rings. The number of piperidine rings is 1. The van der Waals surface area contributed by atoms with Gasteiger partial charge < -0.3 is 14.4 Å². The minimum absolute atomic E-state index is 0.136. The summed E-state index contributed by atoms with van der Waals surface area (Å²) in [7, 11) is 0. The number of nitrogens with zero attached hydrogens (tertiary/aromatic N) is 5. The Labute approximate surface area is 173 Å². The number of carbonyl (C=O) groups excluding carboxylic acids is 1. The number of aromatic nitrogens is 3. The molecule has 156 valence electrons. The van der Waals surface area contributed by atoms with Gasteiger partial charge in [0.15, 0.2) is 0 Å². The number of benzene rings is 1. The fourth-order valence-corrected chi connectivity index (χ4v) is 4.77. The zero-order valence-electron chi connectivity index (χ0n) is 17.8. The molecule has 1 aromatic carbocycles. The van der Waals surface area contributed by atoms with Crippen LogP contribution in [0.4, 0.5) is 5.69 Å². The fourth-order valence-electron chi connectivity index (χ4n) is 4.77. The van der Waals surface area contributed by atoms with Gasteiger partial charge in [0, 0.05) is 56.3 Å². The molecule has 29 heavy (non-hydrogen) atoms. The molecular formula is C23H33N5O. The van der Waals surface area contributed by atoms with Crippen LogP contribution in [0.15, 0.2) is 24.3 Å². The summed E-state index contributed by atoms with van der Waals surface area (Å²) in [6, 6.07) is 8.09. The van der Waals surface area contributed by atoms with Crippen LogP contribution in [-0.4, -0.2) is 51.8 Å². The molecule has 2 aromatic rings. The van der Waals surface area contributed by atoms with Gasteiger partial charge in [0.25, 0.3) is 5.91 Å². The monoisotopic (exact) mass is 395 g/mol. The van der Waals surface area contributed by atoms with E-state index in [1.165, 1.54) is 24.9 Å². The number of hydrogen-bond donors (Lipinski definition) is 0. The average Bonchev–Trinajstić information content (AvgIpc) is 3.03. The van der Waals surface area contributed by atoms with E-state index in [0.29, 0.717) is 5.92 Å². The standard InChI is InChI=1S/C23H33N5O/c1-3-26(4-2)20-13-11-18(12-14-20)23(29)27-15-8-9-19(17-27)22-25-24-21-10-6-5-7-16-28(21)22/h11-14,19H,3-10,15-17H2,1-2H3. The third kappa shape index (κ3) is 4.16. The highest BCUT2D eigenvalue weighted by molar-refractivity contribution is 5.94. The van der Waals surface area contributed by atoms with E-state index in [4.69, 9.17) is 0 Å². The van der Waals surface area contributed by atoms with Gasteiger partial charge in [-0.2, -0.15) is 0 Å². The minimum Gasteiger partial charge on any atom is -0.372 e. The summed E-state index contributed by atoms with van der Waals surface area (Å²) in [5.41, 5.74) is 1.95. The normalized spacial score (nSPS) is 19.5. The molecule has 1 amide bonds. The fraction of sp³-hybridized carbons (Fsp3) is 0.609. The van der Waals surface area contributed by atoms with Crippen LogP contribution in [0.1, 0.15) is 73.9 Å². The number of amides is 1. The van der Waals surface area contributed by atoms with Crippen LogP contribution < -0.4 is 4.90 Å². The molecule has 0 spiro atoms. The van der Waals surface area contributed by atoms with Crippen LogP contribution in [0.5, 0.6) is 0 Å². The third-order valence-corrected chi connectivity index (χ3v) is 6.45. The topological polar surface area (TPSA) is 54.3 Å². The molecule has 1 saturated heterocycles. The Balaban J connectivity index is 1.47. The van der Waals surface area contributed by atoms with E-state index in [-0.39, 0.29) is 5.91 Å². The van der Waals surface area contributed by atoms with Crippen molar-refractivity contribution in [2.75, 3.05) is 31.1 Å². The molecule has 0 radical (unpaired) electrons. The molecule has 0 N–H and O–H groups in total. The second kappa shape index (κ2) is 8.97. The highest BCUT2D eigenvalue weighted by atomic mass is 16.2. The van der Waals surface area contributed by atoms with Gasteiger partial charge in [-0.05, 0) is 63.8 Å². The van der Waals surface area contributed by atoms with Crippen molar-refractivity contribution in [3.8, 4) is 0 Å². The number of fused-ring (bicyclic) bond motifs is 1. The van der Waals surface area contributed by atoms with E-state index in [2.05, 4.69) is 45.6 Å². The maximum atomic E-state index is 13.1. The second-order valence-corrected chi connectivity index (χ2v) is 8.25. The molecule has 1 aromatic heterocycles. The van der Waals surface area contributed by atoms with Crippen LogP contribution >= 0.6 is 0 Å². The first-order chi connectivity index (χ1) is 14.2. The van der Waals surface area contributed by atoms with Crippen molar-refractivity contribution in [2.24, 2.45) is 0 Å². The molecule has 1 atom stereocenters. The summed E-state index contributed by atoms with van der Waals surface area (Å²) in [6.07, 6.45) is 6.81. The molecular weight excluding hydrogens is 362 g/mol. The van der Waals surface area contributed by atoms with Crippen molar-refractivity contribution in [3.63, 3.8) is 0 Å². The van der Waals surface area contributed by atoms with Gasteiger partial charge in [0.1, 0.15) is 11.6 Å². The molecule has 2 aliphatic rings. The number of anilines is 1. The minimum atomic E-state index is 0.136. The van der Waals surface area contributed by atoms with Crippen molar-refractivity contribution in [1.29, 1.82) is 0 Å². The molecule has 3 heterocycles. The van der Waals surface area contributed by atoms with Gasteiger partial charge in [-0.3, -0.25) is 4.79 Å². The summed E-state index contributed by atoms with van der Waals surface area (Å²) >= 11 is 0. The van der Waals surface area contributed by atoms with Gasteiger partial charge in [-0.15, -0.1) is 10.2 Å². The highest BCUT2D eigenvalue weighted by Gasteiger charge is 2.30. The van der Waals surface area contributed by atoms with E-state index in [9.17, 15) is 4.79 Å². The summed E-state index contributed by atoms with van der Waals surface area (Å²) < 4.78 is 2.34. The Morgan fingerprint density at radius 3 is 2.59 bits per heavy atom. The third-order valence-electron chi connectivity index (χ3n) is 6.45. The van der Waals surface area contributed by atoms with Crippen molar-refractivity contribution in [3.05, 3.63) is 41.5 Å². The summed E-state index contributed by atoms with van der Waals surface area (Å²) in [4.78, 5) is 17.5. The first-order valence-corrected chi connectivity index (χ1v) is 11.3. The Morgan fingerprint density at radius 2 is 1.83 bits per heavy atom. The molecule has 0 bridgehead atoms. The van der Waals surface area contributed by atoms with Gasteiger partial charge in [0.05, 0.1) is 0 Å². The number of likely N-dealkylation sites (tertiary alicyclic amines) is 1. The maximum absolute atomic E-state index is 13.1. The van der Waals surface area contributed by atoms with Crippen LogP contribution in [0.25, 0.3) is 0 Å². The van der Waals surface area contributed by atoms with Gasteiger partial charge in [-0.1, -0.05) is 6.42 Å². The molecule has 0 saturated carbocycles. The zero-order chi connectivity index (χ0) is 20.2. The van der Waals surface area contributed by atoms with E-state index in [1.54, 1.807) is 0 Å². The molecule has 2 aliphatic heterocycles. The van der Waals surface area contributed by atoms with Crippen LogP contribution in [0.3, 0.4) is 0 Å². The van der Waals surface area contributed by atoms with Gasteiger partial charge >= 0.3 is 0 Å². The van der Waals surface area contributed by atoms with Crippen LogP contribution in [-0.2, 0) is 13.0 Å². The number of carbonyl (C=O) groups is 1. The lowest BCUT2D eigenvalue weighted by molar-refractivity contribution is 0.0703. The van der Waals surface area contributed by atoms with E-state index >= 15 is 0 Å². The molecule has 0 aliphatic carbocycles. The second-order valence-electron chi connectivity index (χ2n) is 8.25. The summed E-state index contributed by atoms with van der Waals surface area (Å²) in [5.74, 6) is 2.66. The van der Waals surface area contributed by atoms with Gasteiger partial charge in [-0.25, -0.2) is 0 Å². The highest BCUT2D eigenvalue weighted by Crippen LogP contribution is 2.29.